The van der Waals surface area contributed by atoms with Gasteiger partial charge in [-0.25, -0.2) is 4.79 Å². The lowest BCUT2D eigenvalue weighted by Gasteiger charge is -2.24. The molecule has 5 nitrogen and oxygen atoms in total. The van der Waals surface area contributed by atoms with Gasteiger partial charge in [0.05, 0.1) is 12.2 Å². The summed E-state index contributed by atoms with van der Waals surface area (Å²) < 4.78 is 5.01. The predicted octanol–water partition coefficient (Wildman–Crippen LogP) is 2.73. The minimum Gasteiger partial charge on any atom is -0.462 e. The monoisotopic (exact) mass is 280 g/mol. The summed E-state index contributed by atoms with van der Waals surface area (Å²) >= 11 is 0. The molecule has 1 amide bonds. The first kappa shape index (κ1) is 16.3. The molecule has 0 radical (unpaired) electrons. The zero-order valence-electron chi connectivity index (χ0n) is 13.1. The highest BCUT2D eigenvalue weighted by Gasteiger charge is 2.25. The Kier molecular flexibility index (Phi) is 4.98. The van der Waals surface area contributed by atoms with E-state index >= 15 is 0 Å². The lowest BCUT2D eigenvalue weighted by Crippen LogP contribution is -2.43. The first-order valence-corrected chi connectivity index (χ1v) is 6.92. The molecular formula is C15H24N2O3. The van der Waals surface area contributed by atoms with Crippen LogP contribution in [0.4, 0.5) is 0 Å². The van der Waals surface area contributed by atoms with Crippen LogP contribution in [0.1, 0.15) is 66.2 Å². The van der Waals surface area contributed by atoms with Gasteiger partial charge in [-0.05, 0) is 46.6 Å². The summed E-state index contributed by atoms with van der Waals surface area (Å²) in [4.78, 5) is 27.2. The smallest absolute Gasteiger partial charge is 0.340 e. The highest BCUT2D eigenvalue weighted by Crippen LogP contribution is 2.20. The molecule has 0 atom stereocenters. The highest BCUT2D eigenvalue weighted by molar-refractivity contribution is 6.00. The van der Waals surface area contributed by atoms with Gasteiger partial charge >= 0.3 is 5.97 Å². The minimum absolute atomic E-state index is 0.201. The van der Waals surface area contributed by atoms with Crippen molar-refractivity contribution in [2.45, 2.75) is 53.5 Å². The Morgan fingerprint density at radius 3 is 2.35 bits per heavy atom. The van der Waals surface area contributed by atoms with Gasteiger partial charge in [-0.15, -0.1) is 0 Å². The maximum atomic E-state index is 12.3. The number of amides is 1. The molecule has 1 aromatic rings. The maximum Gasteiger partial charge on any atom is 0.340 e. The molecule has 0 saturated heterocycles. The van der Waals surface area contributed by atoms with Crippen molar-refractivity contribution in [1.29, 1.82) is 0 Å². The molecule has 0 aliphatic carbocycles. The molecule has 5 heteroatoms. The van der Waals surface area contributed by atoms with Crippen LogP contribution >= 0.6 is 0 Å². The van der Waals surface area contributed by atoms with Crippen LogP contribution in [0.25, 0.3) is 0 Å². The number of aromatic nitrogens is 1. The number of esters is 1. The maximum absolute atomic E-state index is 12.3. The Labute approximate surface area is 120 Å². The number of hydrogen-bond acceptors (Lipinski definition) is 3. The zero-order valence-corrected chi connectivity index (χ0v) is 13.1. The molecular weight excluding hydrogens is 256 g/mol. The second-order valence-electron chi connectivity index (χ2n) is 5.54. The summed E-state index contributed by atoms with van der Waals surface area (Å²) in [6, 6.07) is 0. The van der Waals surface area contributed by atoms with E-state index in [4.69, 9.17) is 4.74 Å². The fourth-order valence-electron chi connectivity index (χ4n) is 1.94. The van der Waals surface area contributed by atoms with E-state index in [1.54, 1.807) is 20.8 Å². The van der Waals surface area contributed by atoms with Gasteiger partial charge in [-0.3, -0.25) is 4.79 Å². The Balaban J connectivity index is 3.07. The van der Waals surface area contributed by atoms with Crippen molar-refractivity contribution in [1.82, 2.24) is 10.3 Å². The first-order chi connectivity index (χ1) is 9.23. The van der Waals surface area contributed by atoms with E-state index in [1.165, 1.54) is 0 Å². The second kappa shape index (κ2) is 6.11. The fourth-order valence-corrected chi connectivity index (χ4v) is 1.94. The molecule has 0 aromatic carbocycles. The number of aryl methyl sites for hydroxylation is 1. The predicted molar refractivity (Wildman–Crippen MR) is 78.1 cm³/mol. The summed E-state index contributed by atoms with van der Waals surface area (Å²) in [7, 11) is 0. The molecule has 1 rings (SSSR count). The Bertz CT molecular complexity index is 515. The van der Waals surface area contributed by atoms with Gasteiger partial charge in [0.1, 0.15) is 5.69 Å². The van der Waals surface area contributed by atoms with Crippen LogP contribution in [-0.2, 0) is 4.74 Å². The van der Waals surface area contributed by atoms with E-state index in [2.05, 4.69) is 10.3 Å². The number of rotatable bonds is 5. The van der Waals surface area contributed by atoms with Crippen molar-refractivity contribution in [2.24, 2.45) is 0 Å². The van der Waals surface area contributed by atoms with Crippen molar-refractivity contribution >= 4 is 11.9 Å². The molecule has 20 heavy (non-hydrogen) atoms. The third kappa shape index (κ3) is 3.40. The molecule has 1 heterocycles. The molecule has 0 saturated carbocycles. The Hall–Kier alpha value is -1.78. The van der Waals surface area contributed by atoms with E-state index in [9.17, 15) is 9.59 Å². The van der Waals surface area contributed by atoms with E-state index in [0.717, 1.165) is 6.42 Å². The summed E-state index contributed by atoms with van der Waals surface area (Å²) in [5.74, 6) is -0.597. The summed E-state index contributed by atoms with van der Waals surface area (Å²) in [5.41, 5.74) is 1.87. The molecule has 0 bridgehead atoms. The summed E-state index contributed by atoms with van der Waals surface area (Å²) in [6.45, 7) is 11.5. The van der Waals surface area contributed by atoms with Crippen LogP contribution < -0.4 is 5.32 Å². The Morgan fingerprint density at radius 2 is 1.85 bits per heavy atom. The van der Waals surface area contributed by atoms with Gasteiger partial charge < -0.3 is 15.0 Å². The van der Waals surface area contributed by atoms with Gasteiger partial charge in [-0.1, -0.05) is 6.92 Å². The van der Waals surface area contributed by atoms with Crippen LogP contribution in [-0.4, -0.2) is 29.0 Å². The molecule has 1 aromatic heterocycles. The average molecular weight is 280 g/mol. The summed E-state index contributed by atoms with van der Waals surface area (Å²) in [5, 5.41) is 2.95. The van der Waals surface area contributed by atoms with Crippen LogP contribution in [0, 0.1) is 13.8 Å². The third-order valence-electron chi connectivity index (χ3n) is 3.48. The van der Waals surface area contributed by atoms with Gasteiger partial charge in [-0.2, -0.15) is 0 Å². The topological polar surface area (TPSA) is 71.2 Å². The van der Waals surface area contributed by atoms with Crippen molar-refractivity contribution in [2.75, 3.05) is 6.61 Å². The summed E-state index contributed by atoms with van der Waals surface area (Å²) in [6.07, 6.45) is 0.822. The number of ether oxygens (including phenoxy) is 1. The van der Waals surface area contributed by atoms with Crippen LogP contribution in [0.3, 0.4) is 0 Å². The molecule has 2 N–H and O–H groups in total. The highest BCUT2D eigenvalue weighted by atomic mass is 16.5. The Morgan fingerprint density at radius 1 is 1.25 bits per heavy atom. The molecule has 0 spiro atoms. The molecule has 0 fully saturated rings. The normalized spacial score (nSPS) is 11.3. The largest absolute Gasteiger partial charge is 0.462 e. The molecule has 0 unspecified atom stereocenters. The van der Waals surface area contributed by atoms with Gasteiger partial charge in [0, 0.05) is 11.2 Å². The van der Waals surface area contributed by atoms with Gasteiger partial charge in [0.2, 0.25) is 0 Å². The van der Waals surface area contributed by atoms with Crippen LogP contribution in [0.15, 0.2) is 0 Å². The average Bonchev–Trinajstić information content (AvgIpc) is 2.64. The second-order valence-corrected chi connectivity index (χ2v) is 5.54. The lowest BCUT2D eigenvalue weighted by atomic mass is 10.0. The SMILES string of the molecule is CCOC(=O)c1c(C)[nH]c(C(=O)NC(C)(C)CC)c1C. The standard InChI is InChI=1S/C15H24N2O3/c1-7-15(5,6)17-13(18)12-9(3)11(10(4)16-12)14(19)20-8-2/h16H,7-8H2,1-6H3,(H,17,18). The van der Waals surface area contributed by atoms with Gasteiger partial charge in [0.15, 0.2) is 0 Å². The first-order valence-electron chi connectivity index (χ1n) is 6.92. The van der Waals surface area contributed by atoms with Crippen molar-refractivity contribution in [3.63, 3.8) is 0 Å². The van der Waals surface area contributed by atoms with Crippen molar-refractivity contribution in [3.05, 3.63) is 22.5 Å². The molecule has 0 aliphatic heterocycles. The number of carbonyl (C=O) groups excluding carboxylic acids is 2. The minimum atomic E-state index is -0.396. The lowest BCUT2D eigenvalue weighted by molar-refractivity contribution is 0.0525. The van der Waals surface area contributed by atoms with E-state index < -0.39 is 5.97 Å². The molecule has 112 valence electrons. The van der Waals surface area contributed by atoms with E-state index in [1.807, 2.05) is 20.8 Å². The fraction of sp³-hybridized carbons (Fsp3) is 0.600. The van der Waals surface area contributed by atoms with Gasteiger partial charge in [0.25, 0.3) is 5.91 Å². The zero-order chi connectivity index (χ0) is 15.5. The number of nitrogens with one attached hydrogen (secondary N) is 2. The third-order valence-corrected chi connectivity index (χ3v) is 3.48. The van der Waals surface area contributed by atoms with Crippen LogP contribution in [0.5, 0.6) is 0 Å². The quantitative estimate of drug-likeness (QED) is 0.815. The van der Waals surface area contributed by atoms with Crippen molar-refractivity contribution < 1.29 is 14.3 Å². The molecule has 0 aliphatic rings. The number of carbonyl (C=O) groups is 2. The van der Waals surface area contributed by atoms with Crippen molar-refractivity contribution in [3.8, 4) is 0 Å². The number of aromatic amines is 1. The number of hydrogen-bond donors (Lipinski definition) is 2. The van der Waals surface area contributed by atoms with Crippen LogP contribution in [0.2, 0.25) is 0 Å². The number of H-pyrrole nitrogens is 1. The van der Waals surface area contributed by atoms with E-state index in [-0.39, 0.29) is 11.4 Å². The van der Waals surface area contributed by atoms with E-state index in [0.29, 0.717) is 29.1 Å².